The van der Waals surface area contributed by atoms with E-state index in [0.717, 1.165) is 0 Å². The number of amides is 1. The summed E-state index contributed by atoms with van der Waals surface area (Å²) >= 11 is 0. The van der Waals surface area contributed by atoms with Crippen LogP contribution in [0.25, 0.3) is 10.9 Å². The van der Waals surface area contributed by atoms with Crippen LogP contribution >= 0.6 is 0 Å². The van der Waals surface area contributed by atoms with Crippen molar-refractivity contribution in [3.63, 3.8) is 0 Å². The highest BCUT2D eigenvalue weighted by atomic mass is 19.1. The Balaban J connectivity index is 2.02. The first-order chi connectivity index (χ1) is 11.4. The molecule has 1 amide bonds. The van der Waals surface area contributed by atoms with E-state index in [4.69, 9.17) is 0 Å². The third-order valence-corrected chi connectivity index (χ3v) is 4.19. The number of rotatable bonds is 3. The molecule has 3 rings (SSSR count). The highest BCUT2D eigenvalue weighted by Gasteiger charge is 2.16. The lowest BCUT2D eigenvalue weighted by atomic mass is 10.2. The summed E-state index contributed by atoms with van der Waals surface area (Å²) in [6.45, 7) is 4.18. The minimum absolute atomic E-state index is 0.123. The van der Waals surface area contributed by atoms with Crippen molar-refractivity contribution in [3.05, 3.63) is 64.0 Å². The van der Waals surface area contributed by atoms with Crippen LogP contribution in [0, 0.1) is 12.7 Å². The predicted octanol–water partition coefficient (Wildman–Crippen LogP) is 3.06. The molecule has 0 spiro atoms. The van der Waals surface area contributed by atoms with Crippen molar-refractivity contribution in [1.82, 2.24) is 9.13 Å². The van der Waals surface area contributed by atoms with Crippen molar-refractivity contribution in [2.24, 2.45) is 7.05 Å². The van der Waals surface area contributed by atoms with Gasteiger partial charge in [0.15, 0.2) is 0 Å². The number of anilines is 1. The number of nitrogens with one attached hydrogen (secondary N) is 1. The molecule has 0 aliphatic heterocycles. The van der Waals surface area contributed by atoms with E-state index in [9.17, 15) is 14.0 Å². The van der Waals surface area contributed by atoms with E-state index in [0.29, 0.717) is 34.4 Å². The monoisotopic (exact) mass is 327 g/mol. The van der Waals surface area contributed by atoms with Crippen molar-refractivity contribution in [1.29, 1.82) is 0 Å². The molecule has 124 valence electrons. The second-order valence-electron chi connectivity index (χ2n) is 5.71. The molecule has 0 bridgehead atoms. The number of fused-ring (bicyclic) bond motifs is 1. The maximum atomic E-state index is 13.2. The van der Waals surface area contributed by atoms with Gasteiger partial charge in [-0.2, -0.15) is 0 Å². The molecule has 0 radical (unpaired) electrons. The molecule has 0 fully saturated rings. The predicted molar refractivity (Wildman–Crippen MR) is 91.9 cm³/mol. The summed E-state index contributed by atoms with van der Waals surface area (Å²) in [5.74, 6) is -0.693. The van der Waals surface area contributed by atoms with Crippen LogP contribution < -0.4 is 10.9 Å². The van der Waals surface area contributed by atoms with Crippen molar-refractivity contribution in [2.75, 3.05) is 5.32 Å². The molecule has 0 saturated carbocycles. The average Bonchev–Trinajstić information content (AvgIpc) is 2.88. The van der Waals surface area contributed by atoms with Crippen molar-refractivity contribution in [2.45, 2.75) is 20.4 Å². The summed E-state index contributed by atoms with van der Waals surface area (Å²) in [5.41, 5.74) is 2.13. The zero-order valence-corrected chi connectivity index (χ0v) is 13.8. The second-order valence-corrected chi connectivity index (χ2v) is 5.71. The maximum Gasteiger partial charge on any atom is 0.272 e. The van der Waals surface area contributed by atoms with Gasteiger partial charge in [-0.1, -0.05) is 0 Å². The van der Waals surface area contributed by atoms with Crippen LogP contribution in [0.3, 0.4) is 0 Å². The van der Waals surface area contributed by atoms with Gasteiger partial charge in [-0.3, -0.25) is 9.59 Å². The number of hydrogen-bond acceptors (Lipinski definition) is 2. The topological polar surface area (TPSA) is 56.0 Å². The average molecular weight is 327 g/mol. The van der Waals surface area contributed by atoms with Crippen LogP contribution in [-0.2, 0) is 13.6 Å². The molecule has 1 N–H and O–H groups in total. The standard InChI is InChI=1S/C18H18FN3O2/c1-4-22-8-7-15-13(18(22)24)10-16(21(15)3)17(23)20-14-6-5-12(19)9-11(14)2/h5-10H,4H2,1-3H3,(H,20,23). The van der Waals surface area contributed by atoms with Gasteiger partial charge in [-0.15, -0.1) is 0 Å². The Bertz CT molecular complexity index is 1000. The molecule has 0 aliphatic carbocycles. The molecule has 0 atom stereocenters. The van der Waals surface area contributed by atoms with Gasteiger partial charge in [0.2, 0.25) is 0 Å². The Morgan fingerprint density at radius 3 is 2.67 bits per heavy atom. The van der Waals surface area contributed by atoms with Gasteiger partial charge in [0.05, 0.1) is 10.9 Å². The van der Waals surface area contributed by atoms with Crippen LogP contribution in [0.15, 0.2) is 41.3 Å². The van der Waals surface area contributed by atoms with Gasteiger partial charge in [0.25, 0.3) is 11.5 Å². The largest absolute Gasteiger partial charge is 0.339 e. The summed E-state index contributed by atoms with van der Waals surface area (Å²) in [7, 11) is 1.74. The fourth-order valence-corrected chi connectivity index (χ4v) is 2.79. The third kappa shape index (κ3) is 2.60. The van der Waals surface area contributed by atoms with E-state index in [2.05, 4.69) is 5.32 Å². The molecule has 0 unspecified atom stereocenters. The highest BCUT2D eigenvalue weighted by molar-refractivity contribution is 6.06. The zero-order valence-electron chi connectivity index (χ0n) is 13.8. The summed E-state index contributed by atoms with van der Waals surface area (Å²) in [6.07, 6.45) is 1.72. The summed E-state index contributed by atoms with van der Waals surface area (Å²) < 4.78 is 16.5. The Labute approximate surface area is 138 Å². The lowest BCUT2D eigenvalue weighted by Gasteiger charge is -2.09. The Morgan fingerprint density at radius 2 is 2.00 bits per heavy atom. The van der Waals surface area contributed by atoms with Crippen LogP contribution in [0.4, 0.5) is 10.1 Å². The minimum Gasteiger partial charge on any atom is -0.339 e. The van der Waals surface area contributed by atoms with Gasteiger partial charge in [0.1, 0.15) is 11.5 Å². The lowest BCUT2D eigenvalue weighted by Crippen LogP contribution is -2.17. The number of nitrogens with zero attached hydrogens (tertiary/aromatic N) is 2. The number of aryl methyl sites for hydroxylation is 3. The first-order valence-corrected chi connectivity index (χ1v) is 7.68. The molecule has 2 heterocycles. The first kappa shape index (κ1) is 16.0. The number of pyridine rings is 1. The van der Waals surface area contributed by atoms with Gasteiger partial charge >= 0.3 is 0 Å². The third-order valence-electron chi connectivity index (χ3n) is 4.19. The molecule has 0 aliphatic rings. The van der Waals surface area contributed by atoms with Crippen molar-refractivity contribution in [3.8, 4) is 0 Å². The smallest absolute Gasteiger partial charge is 0.272 e. The SMILES string of the molecule is CCn1ccc2c(cc(C(=O)Nc3ccc(F)cc3C)n2C)c1=O. The fourth-order valence-electron chi connectivity index (χ4n) is 2.79. The van der Waals surface area contributed by atoms with Gasteiger partial charge in [0, 0.05) is 25.5 Å². The Kier molecular flexibility index (Phi) is 3.97. The molecule has 2 aromatic heterocycles. The van der Waals surface area contributed by atoms with E-state index in [1.54, 1.807) is 35.4 Å². The van der Waals surface area contributed by atoms with Crippen LogP contribution in [0.1, 0.15) is 23.0 Å². The highest BCUT2D eigenvalue weighted by Crippen LogP contribution is 2.19. The molecular weight excluding hydrogens is 309 g/mol. The molecular formula is C18H18FN3O2. The van der Waals surface area contributed by atoms with E-state index >= 15 is 0 Å². The lowest BCUT2D eigenvalue weighted by molar-refractivity contribution is 0.101. The number of benzene rings is 1. The van der Waals surface area contributed by atoms with Gasteiger partial charge in [-0.25, -0.2) is 4.39 Å². The van der Waals surface area contributed by atoms with Gasteiger partial charge in [-0.05, 0) is 49.7 Å². The quantitative estimate of drug-likeness (QED) is 0.804. The minimum atomic E-state index is -0.352. The van der Waals surface area contributed by atoms with Crippen molar-refractivity contribution < 1.29 is 9.18 Å². The molecule has 1 aromatic carbocycles. The number of carbonyl (C=O) groups excluding carboxylic acids is 1. The summed E-state index contributed by atoms with van der Waals surface area (Å²) in [6, 6.07) is 7.59. The number of carbonyl (C=O) groups is 1. The van der Waals surface area contributed by atoms with E-state index in [-0.39, 0.29) is 17.3 Å². The van der Waals surface area contributed by atoms with E-state index in [1.807, 2.05) is 13.0 Å². The maximum absolute atomic E-state index is 13.2. The second kappa shape index (κ2) is 5.96. The Morgan fingerprint density at radius 1 is 1.25 bits per heavy atom. The molecule has 24 heavy (non-hydrogen) atoms. The van der Waals surface area contributed by atoms with Crippen LogP contribution in [-0.4, -0.2) is 15.0 Å². The number of hydrogen-bond donors (Lipinski definition) is 1. The van der Waals surface area contributed by atoms with E-state index < -0.39 is 0 Å². The molecule has 3 aromatic rings. The first-order valence-electron chi connectivity index (χ1n) is 7.68. The van der Waals surface area contributed by atoms with E-state index in [1.165, 1.54) is 18.2 Å². The molecule has 6 heteroatoms. The normalized spacial score (nSPS) is 11.0. The Hall–Kier alpha value is -2.89. The summed E-state index contributed by atoms with van der Waals surface area (Å²) in [5, 5.41) is 3.27. The van der Waals surface area contributed by atoms with Crippen molar-refractivity contribution >= 4 is 22.5 Å². The van der Waals surface area contributed by atoms with Crippen LogP contribution in [0.2, 0.25) is 0 Å². The van der Waals surface area contributed by atoms with Gasteiger partial charge < -0.3 is 14.5 Å². The number of halogens is 1. The molecule has 5 nitrogen and oxygen atoms in total. The van der Waals surface area contributed by atoms with Crippen LogP contribution in [0.5, 0.6) is 0 Å². The summed E-state index contributed by atoms with van der Waals surface area (Å²) in [4.78, 5) is 24.9. The fraction of sp³-hybridized carbons (Fsp3) is 0.222. The zero-order chi connectivity index (χ0) is 17.4. The molecule has 0 saturated heterocycles. The number of aromatic nitrogens is 2.